The predicted molar refractivity (Wildman–Crippen MR) is 90.1 cm³/mol. The molecule has 0 unspecified atom stereocenters. The standard InChI is InChI=1S/C17H22N4O4/c1-5-12-14(8(3)20-24-12)18-16(22)10-7-11(10)17(23)19-15-9(4)21-25-13(15)6-2/h10-11H,5-7H2,1-4H3,(H,18,22)(H,19,23)/t10-,11-/m1/s1. The molecule has 0 radical (unpaired) electrons. The second-order valence-electron chi connectivity index (χ2n) is 6.27. The Morgan fingerprint density at radius 1 is 0.920 bits per heavy atom. The summed E-state index contributed by atoms with van der Waals surface area (Å²) in [5.74, 6) is 0.228. The molecule has 8 heteroatoms. The van der Waals surface area contributed by atoms with E-state index in [2.05, 4.69) is 20.9 Å². The van der Waals surface area contributed by atoms with E-state index in [-0.39, 0.29) is 23.7 Å². The number of carbonyl (C=O) groups excluding carboxylic acids is 2. The minimum absolute atomic E-state index is 0.182. The van der Waals surface area contributed by atoms with E-state index in [4.69, 9.17) is 9.05 Å². The highest BCUT2D eigenvalue weighted by Gasteiger charge is 2.48. The molecule has 1 saturated carbocycles. The van der Waals surface area contributed by atoms with Gasteiger partial charge in [-0.2, -0.15) is 0 Å². The Hall–Kier alpha value is -2.64. The molecule has 2 atom stereocenters. The van der Waals surface area contributed by atoms with Crippen LogP contribution in [0.3, 0.4) is 0 Å². The van der Waals surface area contributed by atoms with Crippen LogP contribution in [0.15, 0.2) is 9.05 Å². The molecule has 8 nitrogen and oxygen atoms in total. The summed E-state index contributed by atoms with van der Waals surface area (Å²) in [6.07, 6.45) is 1.80. The van der Waals surface area contributed by atoms with Gasteiger partial charge in [-0.3, -0.25) is 9.59 Å². The van der Waals surface area contributed by atoms with Crippen LogP contribution in [0.1, 0.15) is 43.2 Å². The summed E-state index contributed by atoms with van der Waals surface area (Å²) in [6.45, 7) is 7.40. The van der Waals surface area contributed by atoms with Crippen molar-refractivity contribution in [2.75, 3.05) is 10.6 Å². The fourth-order valence-electron chi connectivity index (χ4n) is 2.84. The van der Waals surface area contributed by atoms with Crippen molar-refractivity contribution >= 4 is 23.2 Å². The van der Waals surface area contributed by atoms with Crippen molar-refractivity contribution in [2.24, 2.45) is 11.8 Å². The van der Waals surface area contributed by atoms with Gasteiger partial charge in [0.2, 0.25) is 11.8 Å². The number of anilines is 2. The van der Waals surface area contributed by atoms with Crippen LogP contribution in [-0.2, 0) is 22.4 Å². The van der Waals surface area contributed by atoms with Crippen LogP contribution < -0.4 is 10.6 Å². The van der Waals surface area contributed by atoms with Gasteiger partial charge in [0.05, 0.1) is 11.8 Å². The first-order chi connectivity index (χ1) is 12.0. The molecule has 0 spiro atoms. The molecule has 2 aromatic rings. The van der Waals surface area contributed by atoms with Crippen LogP contribution in [0.2, 0.25) is 0 Å². The number of carbonyl (C=O) groups is 2. The number of amides is 2. The molecular formula is C17H22N4O4. The molecule has 134 valence electrons. The zero-order valence-electron chi connectivity index (χ0n) is 14.8. The zero-order chi connectivity index (χ0) is 18.1. The highest BCUT2D eigenvalue weighted by atomic mass is 16.5. The molecule has 0 bridgehead atoms. The third-order valence-corrected chi connectivity index (χ3v) is 4.47. The normalized spacial score (nSPS) is 18.9. The average molecular weight is 346 g/mol. The van der Waals surface area contributed by atoms with E-state index in [0.29, 0.717) is 53.5 Å². The Bertz CT molecular complexity index is 741. The van der Waals surface area contributed by atoms with Crippen LogP contribution in [0.25, 0.3) is 0 Å². The summed E-state index contributed by atoms with van der Waals surface area (Å²) in [6, 6.07) is 0. The Labute approximate surface area is 145 Å². The molecule has 2 heterocycles. The predicted octanol–water partition coefficient (Wildman–Crippen LogP) is 2.62. The molecular weight excluding hydrogens is 324 g/mol. The van der Waals surface area contributed by atoms with Gasteiger partial charge in [-0.05, 0) is 20.3 Å². The summed E-state index contributed by atoms with van der Waals surface area (Å²) in [5.41, 5.74) is 2.50. The molecule has 2 N–H and O–H groups in total. The first-order valence-electron chi connectivity index (χ1n) is 8.48. The molecule has 0 aromatic carbocycles. The van der Waals surface area contributed by atoms with Crippen molar-refractivity contribution in [3.63, 3.8) is 0 Å². The third-order valence-electron chi connectivity index (χ3n) is 4.47. The van der Waals surface area contributed by atoms with Gasteiger partial charge in [0.15, 0.2) is 11.5 Å². The van der Waals surface area contributed by atoms with Gasteiger partial charge >= 0.3 is 0 Å². The number of hydrogen-bond donors (Lipinski definition) is 2. The van der Waals surface area contributed by atoms with Gasteiger partial charge in [0.1, 0.15) is 22.8 Å². The highest BCUT2D eigenvalue weighted by Crippen LogP contribution is 2.41. The Balaban J connectivity index is 1.62. The number of nitrogens with one attached hydrogen (secondary N) is 2. The summed E-state index contributed by atoms with van der Waals surface area (Å²) in [4.78, 5) is 24.8. The number of hydrogen-bond acceptors (Lipinski definition) is 6. The van der Waals surface area contributed by atoms with Crippen LogP contribution in [-0.4, -0.2) is 22.1 Å². The maximum Gasteiger partial charge on any atom is 0.228 e. The molecule has 1 aliphatic carbocycles. The van der Waals surface area contributed by atoms with E-state index >= 15 is 0 Å². The van der Waals surface area contributed by atoms with Crippen LogP contribution >= 0.6 is 0 Å². The number of nitrogens with zero attached hydrogens (tertiary/aromatic N) is 2. The van der Waals surface area contributed by atoms with Gasteiger partial charge in [-0.15, -0.1) is 0 Å². The highest BCUT2D eigenvalue weighted by molar-refractivity contribution is 6.03. The van der Waals surface area contributed by atoms with Crippen molar-refractivity contribution in [3.05, 3.63) is 22.9 Å². The molecule has 25 heavy (non-hydrogen) atoms. The van der Waals surface area contributed by atoms with Gasteiger partial charge in [0.25, 0.3) is 0 Å². The molecule has 3 rings (SSSR count). The lowest BCUT2D eigenvalue weighted by atomic mass is 10.2. The van der Waals surface area contributed by atoms with Crippen molar-refractivity contribution in [1.82, 2.24) is 10.3 Å². The van der Waals surface area contributed by atoms with E-state index in [9.17, 15) is 9.59 Å². The first-order valence-corrected chi connectivity index (χ1v) is 8.48. The maximum atomic E-state index is 12.4. The van der Waals surface area contributed by atoms with E-state index in [0.717, 1.165) is 0 Å². The zero-order valence-corrected chi connectivity index (χ0v) is 14.8. The second kappa shape index (κ2) is 6.70. The maximum absolute atomic E-state index is 12.4. The fraction of sp³-hybridized carbons (Fsp3) is 0.529. The quantitative estimate of drug-likeness (QED) is 0.832. The van der Waals surface area contributed by atoms with Crippen LogP contribution in [0.5, 0.6) is 0 Å². The van der Waals surface area contributed by atoms with Gasteiger partial charge in [0, 0.05) is 12.8 Å². The minimum Gasteiger partial charge on any atom is -0.359 e. The molecule has 1 fully saturated rings. The fourth-order valence-corrected chi connectivity index (χ4v) is 2.84. The average Bonchev–Trinajstić information content (AvgIpc) is 3.24. The van der Waals surface area contributed by atoms with Gasteiger partial charge in [-0.1, -0.05) is 24.2 Å². The van der Waals surface area contributed by atoms with Crippen molar-refractivity contribution < 1.29 is 18.6 Å². The van der Waals surface area contributed by atoms with Crippen molar-refractivity contribution in [3.8, 4) is 0 Å². The Morgan fingerprint density at radius 2 is 1.32 bits per heavy atom. The first kappa shape index (κ1) is 17.2. The minimum atomic E-state index is -0.343. The lowest BCUT2D eigenvalue weighted by Gasteiger charge is -2.06. The van der Waals surface area contributed by atoms with Gasteiger partial charge < -0.3 is 19.7 Å². The second-order valence-corrected chi connectivity index (χ2v) is 6.27. The van der Waals surface area contributed by atoms with Crippen molar-refractivity contribution in [2.45, 2.75) is 47.0 Å². The SMILES string of the molecule is CCc1onc(C)c1NC(=O)[C@@H]1C[C@H]1C(=O)Nc1c(C)noc1CC. The summed E-state index contributed by atoms with van der Waals surface area (Å²) in [5, 5.41) is 13.4. The van der Waals surface area contributed by atoms with E-state index < -0.39 is 0 Å². The van der Waals surface area contributed by atoms with E-state index in [1.165, 1.54) is 0 Å². The number of aromatic nitrogens is 2. The van der Waals surface area contributed by atoms with E-state index in [1.807, 2.05) is 13.8 Å². The number of rotatable bonds is 6. The lowest BCUT2D eigenvalue weighted by molar-refractivity contribution is -0.122. The monoisotopic (exact) mass is 346 g/mol. The molecule has 2 amide bonds. The molecule has 0 saturated heterocycles. The smallest absolute Gasteiger partial charge is 0.228 e. The van der Waals surface area contributed by atoms with Crippen molar-refractivity contribution in [1.29, 1.82) is 0 Å². The largest absolute Gasteiger partial charge is 0.359 e. The summed E-state index contributed by atoms with van der Waals surface area (Å²) in [7, 11) is 0. The molecule has 0 aliphatic heterocycles. The topological polar surface area (TPSA) is 110 Å². The Kier molecular flexibility index (Phi) is 4.61. The Morgan fingerprint density at radius 3 is 1.68 bits per heavy atom. The van der Waals surface area contributed by atoms with Crippen LogP contribution in [0, 0.1) is 25.7 Å². The lowest BCUT2D eigenvalue weighted by Crippen LogP contribution is -2.21. The van der Waals surface area contributed by atoms with Gasteiger partial charge in [-0.25, -0.2) is 0 Å². The third kappa shape index (κ3) is 3.29. The van der Waals surface area contributed by atoms with E-state index in [1.54, 1.807) is 13.8 Å². The molecule has 2 aromatic heterocycles. The number of aryl methyl sites for hydroxylation is 4. The van der Waals surface area contributed by atoms with Crippen LogP contribution in [0.4, 0.5) is 11.4 Å². The summed E-state index contributed by atoms with van der Waals surface area (Å²) < 4.78 is 10.3. The molecule has 1 aliphatic rings. The summed E-state index contributed by atoms with van der Waals surface area (Å²) >= 11 is 0.